The van der Waals surface area contributed by atoms with Gasteiger partial charge in [0.15, 0.2) is 0 Å². The molecule has 0 saturated carbocycles. The highest BCUT2D eigenvalue weighted by atomic mass is 16.5. The maximum Gasteiger partial charge on any atom is 0.120 e. The molecule has 0 N–H and O–H groups in total. The Balaban J connectivity index is 2.29. The minimum atomic E-state index is 0.476. The van der Waals surface area contributed by atoms with Crippen LogP contribution in [0.5, 0.6) is 0 Å². The summed E-state index contributed by atoms with van der Waals surface area (Å²) in [5.41, 5.74) is 1.20. The number of hydrogen-bond acceptors (Lipinski definition) is 2. The maximum atomic E-state index is 10.4. The number of hydrogen-bond donors (Lipinski definition) is 0. The standard InChI is InChI=1S/C15H22O2/c1-13(2)15(9-6-10-16)12-17-11-14-7-4-3-5-8-14/h3-5,7-8,10,13,15H,6,9,11-12H2,1-2H3. The van der Waals surface area contributed by atoms with E-state index in [0.29, 0.717) is 24.9 Å². The van der Waals surface area contributed by atoms with E-state index in [4.69, 9.17) is 4.74 Å². The van der Waals surface area contributed by atoms with Crippen molar-refractivity contribution in [3.05, 3.63) is 35.9 Å². The van der Waals surface area contributed by atoms with E-state index in [1.807, 2.05) is 18.2 Å². The summed E-state index contributed by atoms with van der Waals surface area (Å²) in [7, 11) is 0. The van der Waals surface area contributed by atoms with Gasteiger partial charge in [0.2, 0.25) is 0 Å². The van der Waals surface area contributed by atoms with Crippen LogP contribution in [0.4, 0.5) is 0 Å². The van der Waals surface area contributed by atoms with Crippen molar-refractivity contribution in [2.45, 2.75) is 33.3 Å². The number of rotatable bonds is 8. The Morgan fingerprint density at radius 1 is 1.24 bits per heavy atom. The SMILES string of the molecule is CC(C)C(CCC=O)COCc1ccccc1. The van der Waals surface area contributed by atoms with Crippen molar-refractivity contribution in [2.24, 2.45) is 11.8 Å². The Hall–Kier alpha value is -1.15. The van der Waals surface area contributed by atoms with Crippen molar-refractivity contribution < 1.29 is 9.53 Å². The molecule has 2 nitrogen and oxygen atoms in total. The fourth-order valence-corrected chi connectivity index (χ4v) is 1.79. The van der Waals surface area contributed by atoms with Crippen molar-refractivity contribution in [3.8, 4) is 0 Å². The summed E-state index contributed by atoms with van der Waals surface area (Å²) < 4.78 is 5.72. The summed E-state index contributed by atoms with van der Waals surface area (Å²) in [6.07, 6.45) is 2.56. The van der Waals surface area contributed by atoms with Crippen LogP contribution in [0.15, 0.2) is 30.3 Å². The molecule has 0 fully saturated rings. The van der Waals surface area contributed by atoms with E-state index < -0.39 is 0 Å². The molecular weight excluding hydrogens is 212 g/mol. The second-order valence-corrected chi connectivity index (χ2v) is 4.75. The molecule has 0 heterocycles. The van der Waals surface area contributed by atoms with Crippen LogP contribution >= 0.6 is 0 Å². The molecule has 94 valence electrons. The minimum absolute atomic E-state index is 0.476. The van der Waals surface area contributed by atoms with Crippen LogP contribution in [-0.4, -0.2) is 12.9 Å². The van der Waals surface area contributed by atoms with E-state index in [0.717, 1.165) is 19.3 Å². The van der Waals surface area contributed by atoms with Crippen molar-refractivity contribution >= 4 is 6.29 Å². The first-order valence-electron chi connectivity index (χ1n) is 6.29. The Morgan fingerprint density at radius 2 is 1.94 bits per heavy atom. The van der Waals surface area contributed by atoms with Gasteiger partial charge in [-0.2, -0.15) is 0 Å². The van der Waals surface area contributed by atoms with Crippen LogP contribution in [0.25, 0.3) is 0 Å². The molecule has 0 aromatic heterocycles. The molecule has 0 aliphatic rings. The first kappa shape index (κ1) is 13.9. The van der Waals surface area contributed by atoms with Gasteiger partial charge in [-0.15, -0.1) is 0 Å². The van der Waals surface area contributed by atoms with Gasteiger partial charge >= 0.3 is 0 Å². The summed E-state index contributed by atoms with van der Waals surface area (Å²) >= 11 is 0. The molecule has 17 heavy (non-hydrogen) atoms. The van der Waals surface area contributed by atoms with E-state index >= 15 is 0 Å². The number of aldehydes is 1. The Bertz CT molecular complexity index is 306. The Kier molecular flexibility index (Phi) is 6.56. The fourth-order valence-electron chi connectivity index (χ4n) is 1.79. The van der Waals surface area contributed by atoms with Gasteiger partial charge in [-0.25, -0.2) is 0 Å². The molecule has 1 unspecified atom stereocenters. The van der Waals surface area contributed by atoms with Gasteiger partial charge in [-0.1, -0.05) is 44.2 Å². The Morgan fingerprint density at radius 3 is 2.53 bits per heavy atom. The molecular formula is C15H22O2. The van der Waals surface area contributed by atoms with Crippen molar-refractivity contribution in [3.63, 3.8) is 0 Å². The third-order valence-electron chi connectivity index (χ3n) is 3.04. The molecule has 2 heteroatoms. The minimum Gasteiger partial charge on any atom is -0.376 e. The summed E-state index contributed by atoms with van der Waals surface area (Å²) in [6, 6.07) is 10.2. The Labute approximate surface area is 104 Å². The molecule has 1 aromatic carbocycles. The lowest BCUT2D eigenvalue weighted by Gasteiger charge is -2.19. The maximum absolute atomic E-state index is 10.4. The second-order valence-electron chi connectivity index (χ2n) is 4.75. The van der Waals surface area contributed by atoms with Gasteiger partial charge in [-0.3, -0.25) is 0 Å². The molecule has 0 radical (unpaired) electrons. The third-order valence-corrected chi connectivity index (χ3v) is 3.04. The van der Waals surface area contributed by atoms with E-state index in [1.54, 1.807) is 0 Å². The quantitative estimate of drug-likeness (QED) is 0.644. The molecule has 0 bridgehead atoms. The molecule has 0 spiro atoms. The van der Waals surface area contributed by atoms with Crippen LogP contribution in [0.1, 0.15) is 32.3 Å². The number of carbonyl (C=O) groups is 1. The smallest absolute Gasteiger partial charge is 0.120 e. The summed E-state index contributed by atoms with van der Waals surface area (Å²) in [4.78, 5) is 10.4. The molecule has 0 amide bonds. The molecule has 1 aromatic rings. The third kappa shape index (κ3) is 5.64. The van der Waals surface area contributed by atoms with Crippen LogP contribution in [0, 0.1) is 11.8 Å². The largest absolute Gasteiger partial charge is 0.376 e. The summed E-state index contributed by atoms with van der Waals surface area (Å²) in [6.45, 7) is 5.76. The zero-order valence-electron chi connectivity index (χ0n) is 10.8. The number of carbonyl (C=O) groups excluding carboxylic acids is 1. The van der Waals surface area contributed by atoms with Gasteiger partial charge in [0.25, 0.3) is 0 Å². The molecule has 0 aliphatic carbocycles. The zero-order valence-corrected chi connectivity index (χ0v) is 10.8. The van der Waals surface area contributed by atoms with Crippen molar-refractivity contribution in [2.75, 3.05) is 6.61 Å². The van der Waals surface area contributed by atoms with Crippen LogP contribution < -0.4 is 0 Å². The lowest BCUT2D eigenvalue weighted by atomic mass is 9.92. The highest BCUT2D eigenvalue weighted by Crippen LogP contribution is 2.17. The average molecular weight is 234 g/mol. The summed E-state index contributed by atoms with van der Waals surface area (Å²) in [5, 5.41) is 0. The van der Waals surface area contributed by atoms with E-state index in [-0.39, 0.29) is 0 Å². The molecule has 0 aliphatic heterocycles. The zero-order chi connectivity index (χ0) is 12.5. The van der Waals surface area contributed by atoms with Gasteiger partial charge < -0.3 is 9.53 Å². The lowest BCUT2D eigenvalue weighted by Crippen LogP contribution is -2.16. The lowest BCUT2D eigenvalue weighted by molar-refractivity contribution is -0.108. The molecule has 1 rings (SSSR count). The molecule has 0 saturated heterocycles. The van der Waals surface area contributed by atoms with Gasteiger partial charge in [0, 0.05) is 6.42 Å². The normalized spacial score (nSPS) is 12.6. The first-order valence-corrected chi connectivity index (χ1v) is 6.29. The van der Waals surface area contributed by atoms with Gasteiger partial charge in [0.1, 0.15) is 6.29 Å². The van der Waals surface area contributed by atoms with E-state index in [9.17, 15) is 4.79 Å². The van der Waals surface area contributed by atoms with Gasteiger partial charge in [0.05, 0.1) is 13.2 Å². The topological polar surface area (TPSA) is 26.3 Å². The average Bonchev–Trinajstić information content (AvgIpc) is 2.34. The highest BCUT2D eigenvalue weighted by Gasteiger charge is 2.13. The number of ether oxygens (including phenoxy) is 1. The van der Waals surface area contributed by atoms with E-state index in [2.05, 4.69) is 26.0 Å². The van der Waals surface area contributed by atoms with Crippen LogP contribution in [-0.2, 0) is 16.1 Å². The molecule has 1 atom stereocenters. The summed E-state index contributed by atoms with van der Waals surface area (Å²) in [5.74, 6) is 1.04. The number of benzene rings is 1. The second kappa shape index (κ2) is 8.02. The fraction of sp³-hybridized carbons (Fsp3) is 0.533. The first-order chi connectivity index (χ1) is 8.24. The predicted octanol–water partition coefficient (Wildman–Crippen LogP) is 3.45. The van der Waals surface area contributed by atoms with E-state index in [1.165, 1.54) is 5.56 Å². The monoisotopic (exact) mass is 234 g/mol. The van der Waals surface area contributed by atoms with Gasteiger partial charge in [-0.05, 0) is 23.8 Å². The van der Waals surface area contributed by atoms with Crippen molar-refractivity contribution in [1.82, 2.24) is 0 Å². The van der Waals surface area contributed by atoms with Crippen LogP contribution in [0.2, 0.25) is 0 Å². The van der Waals surface area contributed by atoms with Crippen LogP contribution in [0.3, 0.4) is 0 Å². The van der Waals surface area contributed by atoms with Crippen molar-refractivity contribution in [1.29, 1.82) is 0 Å². The highest BCUT2D eigenvalue weighted by molar-refractivity contribution is 5.49. The predicted molar refractivity (Wildman–Crippen MR) is 69.7 cm³/mol.